The van der Waals surface area contributed by atoms with Crippen molar-refractivity contribution in [2.45, 2.75) is 25.8 Å². The first-order chi connectivity index (χ1) is 19.4. The van der Waals surface area contributed by atoms with E-state index in [0.717, 1.165) is 52.6 Å². The molecule has 1 saturated carbocycles. The van der Waals surface area contributed by atoms with Crippen LogP contribution in [0.3, 0.4) is 0 Å². The number of anilines is 1. The third-order valence-electron chi connectivity index (χ3n) is 7.25. The Morgan fingerprint density at radius 2 is 1.93 bits per heavy atom. The van der Waals surface area contributed by atoms with Crippen LogP contribution in [-0.4, -0.2) is 66.1 Å². The topological polar surface area (TPSA) is 114 Å². The van der Waals surface area contributed by atoms with Crippen molar-refractivity contribution in [2.75, 3.05) is 31.7 Å². The van der Waals surface area contributed by atoms with Crippen LogP contribution in [-0.2, 0) is 17.5 Å². The van der Waals surface area contributed by atoms with Crippen LogP contribution < -0.4 is 10.6 Å². The summed E-state index contributed by atoms with van der Waals surface area (Å²) in [4.78, 5) is 31.7. The fourth-order valence-corrected chi connectivity index (χ4v) is 5.97. The maximum atomic E-state index is 12.7. The summed E-state index contributed by atoms with van der Waals surface area (Å²) >= 11 is 1.51. The average Bonchev–Trinajstić information content (AvgIpc) is 3.68. The summed E-state index contributed by atoms with van der Waals surface area (Å²) in [5, 5.41) is 13.9. The number of carbonyl (C=O) groups is 2. The first-order valence-corrected chi connectivity index (χ1v) is 15.4. The number of aromatic nitrogens is 4. The molecule has 6 rings (SSSR count). The molecule has 1 aliphatic carbocycles. The molecular formula is C28H29N7O3S2. The Balaban J connectivity index is 1.16. The van der Waals surface area contributed by atoms with E-state index in [4.69, 9.17) is 4.98 Å². The molecule has 0 bridgehead atoms. The van der Waals surface area contributed by atoms with Gasteiger partial charge in [0.05, 0.1) is 30.0 Å². The highest BCUT2D eigenvalue weighted by molar-refractivity contribution is 7.82. The third kappa shape index (κ3) is 5.24. The van der Waals surface area contributed by atoms with E-state index in [0.29, 0.717) is 30.9 Å². The Morgan fingerprint density at radius 1 is 1.12 bits per heavy atom. The summed E-state index contributed by atoms with van der Waals surface area (Å²) in [5.74, 6) is -0.228. The number of nitrogens with zero attached hydrogens (tertiary/aromatic N) is 5. The number of thiazole rings is 1. The Morgan fingerprint density at radius 3 is 2.65 bits per heavy atom. The van der Waals surface area contributed by atoms with Gasteiger partial charge in [-0.05, 0) is 43.0 Å². The first-order valence-electron chi connectivity index (χ1n) is 13.0. The van der Waals surface area contributed by atoms with Crippen molar-refractivity contribution >= 4 is 39.3 Å². The lowest BCUT2D eigenvalue weighted by molar-refractivity contribution is 0.0742. The SMILES string of the molecule is CN1CCn2nc(-c3cccc(-c4csc(NC(CNC(=O)c5ccn(S(C)=O)c5)=C5CCC5)n4)c3)cc2C1=O. The van der Waals surface area contributed by atoms with E-state index in [1.807, 2.05) is 42.8 Å². The molecule has 206 valence electrons. The number of benzene rings is 1. The highest BCUT2D eigenvalue weighted by Crippen LogP contribution is 2.32. The second kappa shape index (κ2) is 10.9. The zero-order valence-electron chi connectivity index (χ0n) is 22.2. The zero-order valence-corrected chi connectivity index (χ0v) is 23.8. The minimum atomic E-state index is -1.20. The number of amides is 2. The molecule has 12 heteroatoms. The summed E-state index contributed by atoms with van der Waals surface area (Å²) in [7, 11) is 0.605. The van der Waals surface area contributed by atoms with Gasteiger partial charge < -0.3 is 15.5 Å². The normalized spacial score (nSPS) is 15.4. The van der Waals surface area contributed by atoms with Crippen LogP contribution in [0, 0.1) is 0 Å². The van der Waals surface area contributed by atoms with Crippen molar-refractivity contribution in [1.82, 2.24) is 29.0 Å². The molecule has 2 N–H and O–H groups in total. The van der Waals surface area contributed by atoms with Crippen LogP contribution in [0.15, 0.2) is 65.4 Å². The van der Waals surface area contributed by atoms with Crippen LogP contribution in [0.25, 0.3) is 22.5 Å². The van der Waals surface area contributed by atoms with Gasteiger partial charge in [-0.1, -0.05) is 18.2 Å². The minimum Gasteiger partial charge on any atom is -0.346 e. The molecule has 40 heavy (non-hydrogen) atoms. The van der Waals surface area contributed by atoms with E-state index in [9.17, 15) is 13.8 Å². The van der Waals surface area contributed by atoms with Crippen LogP contribution in [0.4, 0.5) is 5.13 Å². The Bertz CT molecular complexity index is 1660. The van der Waals surface area contributed by atoms with Gasteiger partial charge in [-0.3, -0.25) is 18.2 Å². The third-order valence-corrected chi connectivity index (χ3v) is 8.82. The first kappa shape index (κ1) is 26.2. The molecule has 0 saturated heterocycles. The summed E-state index contributed by atoms with van der Waals surface area (Å²) < 4.78 is 14.9. The molecule has 4 heterocycles. The lowest BCUT2D eigenvalue weighted by atomic mass is 9.90. The number of hydrogen-bond donors (Lipinski definition) is 2. The van der Waals surface area contributed by atoms with Crippen molar-refractivity contribution in [3.05, 3.63) is 76.7 Å². The van der Waals surface area contributed by atoms with Crippen molar-refractivity contribution in [1.29, 1.82) is 0 Å². The molecule has 0 spiro atoms. The number of carbonyl (C=O) groups excluding carboxylic acids is 2. The highest BCUT2D eigenvalue weighted by atomic mass is 32.2. The quantitative estimate of drug-likeness (QED) is 0.329. The van der Waals surface area contributed by atoms with E-state index in [1.54, 1.807) is 34.3 Å². The number of fused-ring (bicyclic) bond motifs is 1. The van der Waals surface area contributed by atoms with Crippen LogP contribution in [0.1, 0.15) is 40.1 Å². The van der Waals surface area contributed by atoms with Crippen molar-refractivity contribution in [3.8, 4) is 22.5 Å². The maximum Gasteiger partial charge on any atom is 0.271 e. The van der Waals surface area contributed by atoms with E-state index < -0.39 is 11.0 Å². The second-order valence-electron chi connectivity index (χ2n) is 9.91. The average molecular weight is 576 g/mol. The van der Waals surface area contributed by atoms with Gasteiger partial charge in [0.2, 0.25) is 0 Å². The fourth-order valence-electron chi connectivity index (χ4n) is 4.73. The Hall–Kier alpha value is -4.03. The monoisotopic (exact) mass is 575 g/mol. The van der Waals surface area contributed by atoms with Crippen LogP contribution in [0.2, 0.25) is 0 Å². The Kier molecular flexibility index (Phi) is 7.11. The Labute approximate surface area is 238 Å². The number of hydrogen-bond acceptors (Lipinski definition) is 7. The van der Waals surface area contributed by atoms with E-state index in [2.05, 4.69) is 15.7 Å². The molecule has 1 unspecified atom stereocenters. The lowest BCUT2D eigenvalue weighted by Gasteiger charge is -2.22. The fraction of sp³-hybridized carbons (Fsp3) is 0.286. The van der Waals surface area contributed by atoms with Gasteiger partial charge in [-0.2, -0.15) is 5.10 Å². The minimum absolute atomic E-state index is 0.0141. The molecular weight excluding hydrogens is 546 g/mol. The summed E-state index contributed by atoms with van der Waals surface area (Å²) in [5.41, 5.74) is 6.82. The predicted octanol–water partition coefficient (Wildman–Crippen LogP) is 3.98. The molecule has 4 aromatic rings. The standard InChI is InChI=1S/C28H29N7O3S2/c1-33-11-12-35-25(27(33)37)14-22(32-35)19-7-4-8-20(13-19)24-17-39-28(31-24)30-23(18-5-3-6-18)15-29-26(36)21-9-10-34(16-21)40(2)38/h4,7-10,13-14,16-17H,3,5-6,11-12,15H2,1-2H3,(H,29,36)(H,30,31). The van der Waals surface area contributed by atoms with Gasteiger partial charge in [-0.25, -0.2) is 9.19 Å². The molecule has 1 fully saturated rings. The smallest absolute Gasteiger partial charge is 0.271 e. The maximum absolute atomic E-state index is 12.7. The van der Waals surface area contributed by atoms with Crippen molar-refractivity contribution < 1.29 is 13.8 Å². The molecule has 10 nitrogen and oxygen atoms in total. The van der Waals surface area contributed by atoms with Gasteiger partial charge in [0, 0.05) is 54.4 Å². The molecule has 1 aromatic carbocycles. The van der Waals surface area contributed by atoms with Gasteiger partial charge in [0.15, 0.2) is 5.13 Å². The summed E-state index contributed by atoms with van der Waals surface area (Å²) in [6.45, 7) is 1.69. The van der Waals surface area contributed by atoms with Crippen molar-refractivity contribution in [3.63, 3.8) is 0 Å². The largest absolute Gasteiger partial charge is 0.346 e. The van der Waals surface area contributed by atoms with Crippen LogP contribution in [0.5, 0.6) is 0 Å². The van der Waals surface area contributed by atoms with Gasteiger partial charge in [0.1, 0.15) is 16.7 Å². The molecule has 0 radical (unpaired) electrons. The highest BCUT2D eigenvalue weighted by Gasteiger charge is 2.24. The summed E-state index contributed by atoms with van der Waals surface area (Å²) in [6, 6.07) is 11.5. The molecule has 1 aliphatic heterocycles. The number of allylic oxidation sites excluding steroid dienone is 1. The van der Waals surface area contributed by atoms with Crippen LogP contribution >= 0.6 is 11.3 Å². The van der Waals surface area contributed by atoms with Gasteiger partial charge in [0.25, 0.3) is 11.8 Å². The molecule has 3 aromatic heterocycles. The zero-order chi connectivity index (χ0) is 27.8. The lowest BCUT2D eigenvalue weighted by Crippen LogP contribution is -2.37. The van der Waals surface area contributed by atoms with Crippen molar-refractivity contribution in [2.24, 2.45) is 0 Å². The van der Waals surface area contributed by atoms with Gasteiger partial charge in [-0.15, -0.1) is 11.3 Å². The molecule has 2 amide bonds. The molecule has 2 aliphatic rings. The van der Waals surface area contributed by atoms with E-state index in [-0.39, 0.29) is 11.8 Å². The second-order valence-corrected chi connectivity index (χ2v) is 12.0. The summed E-state index contributed by atoms with van der Waals surface area (Å²) in [6.07, 6.45) is 7.92. The number of likely N-dealkylation sites (N-methyl/N-ethyl adjacent to an activating group) is 1. The van der Waals surface area contributed by atoms with E-state index in [1.165, 1.54) is 20.9 Å². The number of nitrogens with one attached hydrogen (secondary N) is 2. The van der Waals surface area contributed by atoms with Gasteiger partial charge >= 0.3 is 0 Å². The van der Waals surface area contributed by atoms with E-state index >= 15 is 0 Å². The molecule has 1 atom stereocenters. The number of rotatable bonds is 8. The predicted molar refractivity (Wildman–Crippen MR) is 156 cm³/mol.